The maximum absolute atomic E-state index is 10.2. The van der Waals surface area contributed by atoms with Crippen LogP contribution in [-0.4, -0.2) is 50.6 Å². The van der Waals surface area contributed by atoms with Crippen LogP contribution in [0.25, 0.3) is 0 Å². The highest BCUT2D eigenvalue weighted by Gasteiger charge is 2.37. The van der Waals surface area contributed by atoms with Crippen molar-refractivity contribution in [3.63, 3.8) is 0 Å². The number of aldehydes is 1. The molecule has 0 heterocycles. The third-order valence-electron chi connectivity index (χ3n) is 1.66. The Balaban J connectivity index is 4.37. The molecule has 0 aliphatic rings. The summed E-state index contributed by atoms with van der Waals surface area (Å²) in [4.78, 5) is 10.2. The fourth-order valence-corrected chi connectivity index (χ4v) is 0.679. The van der Waals surface area contributed by atoms with E-state index >= 15 is 0 Å². The lowest BCUT2D eigenvalue weighted by molar-refractivity contribution is -0.155. The number of aliphatic hydroxyl groups is 4. The zero-order valence-corrected chi connectivity index (χ0v) is 7.01. The van der Waals surface area contributed by atoms with Crippen LogP contribution in [0.3, 0.4) is 0 Å². The molecule has 0 spiro atoms. The Bertz CT molecular complexity index is 154. The Labute approximate surface area is 70.3 Å². The second-order valence-electron chi connectivity index (χ2n) is 3.02. The first-order chi connectivity index (χ1) is 5.33. The van der Waals surface area contributed by atoms with Crippen LogP contribution >= 0.6 is 0 Å². The molecule has 0 radical (unpaired) electrons. The van der Waals surface area contributed by atoms with Crippen molar-refractivity contribution in [2.75, 3.05) is 0 Å². The van der Waals surface area contributed by atoms with Crippen molar-refractivity contribution in [3.05, 3.63) is 0 Å². The zero-order valence-electron chi connectivity index (χ0n) is 7.01. The van der Waals surface area contributed by atoms with E-state index in [0.29, 0.717) is 0 Å². The van der Waals surface area contributed by atoms with E-state index < -0.39 is 23.9 Å². The van der Waals surface area contributed by atoms with Crippen molar-refractivity contribution in [3.8, 4) is 0 Å². The van der Waals surface area contributed by atoms with Gasteiger partial charge in [0.25, 0.3) is 0 Å². The molecule has 0 amide bonds. The SMILES string of the molecule is C[C@@H](O)[C@@H](O)[C@@H](O)[C@@](C)(O)C=O. The monoisotopic (exact) mass is 178 g/mol. The van der Waals surface area contributed by atoms with Gasteiger partial charge in [0.2, 0.25) is 0 Å². The Hall–Kier alpha value is -0.490. The van der Waals surface area contributed by atoms with Crippen molar-refractivity contribution in [2.24, 2.45) is 0 Å². The Morgan fingerprint density at radius 2 is 1.75 bits per heavy atom. The van der Waals surface area contributed by atoms with Gasteiger partial charge in [0.05, 0.1) is 6.10 Å². The molecule has 12 heavy (non-hydrogen) atoms. The number of carbonyl (C=O) groups excluding carboxylic acids is 1. The Morgan fingerprint density at radius 1 is 1.33 bits per heavy atom. The van der Waals surface area contributed by atoms with Crippen molar-refractivity contribution in [1.29, 1.82) is 0 Å². The van der Waals surface area contributed by atoms with Gasteiger partial charge in [-0.1, -0.05) is 0 Å². The van der Waals surface area contributed by atoms with E-state index in [4.69, 9.17) is 20.4 Å². The van der Waals surface area contributed by atoms with Gasteiger partial charge in [0, 0.05) is 0 Å². The molecule has 0 aromatic rings. The van der Waals surface area contributed by atoms with Crippen LogP contribution in [0, 0.1) is 0 Å². The van der Waals surface area contributed by atoms with E-state index in [2.05, 4.69) is 0 Å². The first-order valence-corrected chi connectivity index (χ1v) is 3.56. The van der Waals surface area contributed by atoms with Crippen LogP contribution in [0.1, 0.15) is 13.8 Å². The maximum Gasteiger partial charge on any atom is 0.154 e. The summed E-state index contributed by atoms with van der Waals surface area (Å²) in [7, 11) is 0. The highest BCUT2D eigenvalue weighted by molar-refractivity contribution is 5.62. The van der Waals surface area contributed by atoms with Gasteiger partial charge in [-0.05, 0) is 13.8 Å². The smallest absolute Gasteiger partial charge is 0.154 e. The van der Waals surface area contributed by atoms with Crippen LogP contribution in [0.15, 0.2) is 0 Å². The van der Waals surface area contributed by atoms with E-state index in [9.17, 15) is 4.79 Å². The molecule has 0 rings (SSSR count). The largest absolute Gasteiger partial charge is 0.391 e. The van der Waals surface area contributed by atoms with Crippen molar-refractivity contribution < 1.29 is 25.2 Å². The standard InChI is InChI=1S/C7H14O5/c1-4(9)5(10)6(11)7(2,12)3-8/h3-6,9-12H,1-2H3/t4-,5-,6-,7+/m1/s1. The van der Waals surface area contributed by atoms with E-state index in [-0.39, 0.29) is 6.29 Å². The molecule has 0 saturated carbocycles. The fraction of sp³-hybridized carbons (Fsp3) is 0.857. The summed E-state index contributed by atoms with van der Waals surface area (Å²) in [5.41, 5.74) is -2.03. The summed E-state index contributed by atoms with van der Waals surface area (Å²) < 4.78 is 0. The van der Waals surface area contributed by atoms with Gasteiger partial charge in [-0.15, -0.1) is 0 Å². The first-order valence-electron chi connectivity index (χ1n) is 3.56. The van der Waals surface area contributed by atoms with Gasteiger partial charge in [-0.2, -0.15) is 0 Å². The minimum absolute atomic E-state index is 0.114. The van der Waals surface area contributed by atoms with Gasteiger partial charge in [0.15, 0.2) is 6.29 Å². The molecule has 0 aliphatic heterocycles. The number of aliphatic hydroxyl groups excluding tert-OH is 3. The molecule has 0 unspecified atom stereocenters. The molecule has 0 aliphatic carbocycles. The third kappa shape index (κ3) is 2.53. The molecule has 0 aromatic carbocycles. The van der Waals surface area contributed by atoms with E-state index in [1.54, 1.807) is 0 Å². The first kappa shape index (κ1) is 11.5. The summed E-state index contributed by atoms with van der Waals surface area (Å²) in [5, 5.41) is 36.1. The molecule has 0 bridgehead atoms. The van der Waals surface area contributed by atoms with E-state index in [1.165, 1.54) is 6.92 Å². The molecular formula is C7H14O5. The fourth-order valence-electron chi connectivity index (χ4n) is 0.679. The third-order valence-corrected chi connectivity index (χ3v) is 1.66. The summed E-state index contributed by atoms with van der Waals surface area (Å²) >= 11 is 0. The van der Waals surface area contributed by atoms with Crippen molar-refractivity contribution in [1.82, 2.24) is 0 Å². The highest BCUT2D eigenvalue weighted by Crippen LogP contribution is 2.12. The zero-order chi connectivity index (χ0) is 9.94. The van der Waals surface area contributed by atoms with Crippen LogP contribution in [0.4, 0.5) is 0 Å². The predicted octanol–water partition coefficient (Wildman–Crippen LogP) is -1.96. The maximum atomic E-state index is 10.2. The number of carbonyl (C=O) groups is 1. The topological polar surface area (TPSA) is 98.0 Å². The summed E-state index contributed by atoms with van der Waals surface area (Å²) in [6.07, 6.45) is -4.31. The summed E-state index contributed by atoms with van der Waals surface area (Å²) in [6, 6.07) is 0. The lowest BCUT2D eigenvalue weighted by Gasteiger charge is -2.28. The van der Waals surface area contributed by atoms with Crippen LogP contribution in [0.2, 0.25) is 0 Å². The minimum Gasteiger partial charge on any atom is -0.391 e. The molecule has 0 aromatic heterocycles. The highest BCUT2D eigenvalue weighted by atomic mass is 16.4. The van der Waals surface area contributed by atoms with Gasteiger partial charge in [0.1, 0.15) is 17.8 Å². The number of hydrogen-bond donors (Lipinski definition) is 4. The molecule has 0 fully saturated rings. The van der Waals surface area contributed by atoms with E-state index in [0.717, 1.165) is 6.92 Å². The molecule has 72 valence electrons. The molecule has 0 saturated heterocycles. The van der Waals surface area contributed by atoms with Gasteiger partial charge >= 0.3 is 0 Å². The summed E-state index contributed by atoms with van der Waals surface area (Å²) in [6.45, 7) is 2.30. The molecular weight excluding hydrogens is 164 g/mol. The number of rotatable bonds is 4. The van der Waals surface area contributed by atoms with Crippen LogP contribution < -0.4 is 0 Å². The Kier molecular flexibility index (Phi) is 3.79. The number of hydrogen-bond acceptors (Lipinski definition) is 5. The molecule has 5 nitrogen and oxygen atoms in total. The average molecular weight is 178 g/mol. The van der Waals surface area contributed by atoms with Crippen molar-refractivity contribution >= 4 is 6.29 Å². The molecule has 4 N–H and O–H groups in total. The quantitative estimate of drug-likeness (QED) is 0.375. The van der Waals surface area contributed by atoms with Crippen LogP contribution in [0.5, 0.6) is 0 Å². The normalized spacial score (nSPS) is 23.8. The minimum atomic E-state index is -2.03. The Morgan fingerprint density at radius 3 is 2.00 bits per heavy atom. The summed E-state index contributed by atoms with van der Waals surface area (Å²) in [5.74, 6) is 0. The van der Waals surface area contributed by atoms with Gasteiger partial charge < -0.3 is 25.2 Å². The lowest BCUT2D eigenvalue weighted by atomic mass is 9.94. The molecule has 4 atom stereocenters. The van der Waals surface area contributed by atoms with Gasteiger partial charge in [-0.3, -0.25) is 0 Å². The second-order valence-corrected chi connectivity index (χ2v) is 3.02. The van der Waals surface area contributed by atoms with Gasteiger partial charge in [-0.25, -0.2) is 0 Å². The predicted molar refractivity (Wildman–Crippen MR) is 40.4 cm³/mol. The van der Waals surface area contributed by atoms with E-state index in [1.807, 2.05) is 0 Å². The average Bonchev–Trinajstić information content (AvgIpc) is 2.01. The lowest BCUT2D eigenvalue weighted by Crippen LogP contribution is -2.51. The molecule has 5 heteroatoms. The second kappa shape index (κ2) is 3.95. The van der Waals surface area contributed by atoms with Crippen molar-refractivity contribution in [2.45, 2.75) is 37.8 Å². The van der Waals surface area contributed by atoms with Crippen LogP contribution in [-0.2, 0) is 4.79 Å².